The van der Waals surface area contributed by atoms with Gasteiger partial charge in [0.15, 0.2) is 5.82 Å². The van der Waals surface area contributed by atoms with Crippen LogP contribution < -0.4 is 5.73 Å². The van der Waals surface area contributed by atoms with Gasteiger partial charge in [0.1, 0.15) is 5.82 Å². The predicted molar refractivity (Wildman–Crippen MR) is 59.4 cm³/mol. The van der Waals surface area contributed by atoms with Gasteiger partial charge in [0, 0.05) is 5.92 Å². The molecule has 0 saturated heterocycles. The van der Waals surface area contributed by atoms with E-state index < -0.39 is 0 Å². The molecule has 1 aromatic heterocycles. The van der Waals surface area contributed by atoms with Crippen LogP contribution in [0, 0.1) is 5.92 Å². The Labute approximate surface area is 90.7 Å². The number of rotatable bonds is 3. The van der Waals surface area contributed by atoms with Crippen molar-refractivity contribution in [1.29, 1.82) is 0 Å². The van der Waals surface area contributed by atoms with Gasteiger partial charge in [-0.3, -0.25) is 5.10 Å². The van der Waals surface area contributed by atoms with Crippen LogP contribution in [0.2, 0.25) is 0 Å². The molecule has 1 aromatic rings. The van der Waals surface area contributed by atoms with Gasteiger partial charge in [-0.2, -0.15) is 5.10 Å². The largest absolute Gasteiger partial charge is 0.321 e. The van der Waals surface area contributed by atoms with E-state index in [1.807, 2.05) is 6.92 Å². The van der Waals surface area contributed by atoms with Gasteiger partial charge in [-0.25, -0.2) is 4.98 Å². The highest BCUT2D eigenvalue weighted by molar-refractivity contribution is 5.02. The fourth-order valence-electron chi connectivity index (χ4n) is 2.37. The van der Waals surface area contributed by atoms with Gasteiger partial charge in [-0.05, 0) is 32.1 Å². The molecule has 84 valence electrons. The molecular weight excluding hydrogens is 188 g/mol. The lowest BCUT2D eigenvalue weighted by molar-refractivity contribution is 0.517. The maximum Gasteiger partial charge on any atom is 0.167 e. The summed E-state index contributed by atoms with van der Waals surface area (Å²) < 4.78 is 0. The fourth-order valence-corrected chi connectivity index (χ4v) is 2.37. The van der Waals surface area contributed by atoms with E-state index in [2.05, 4.69) is 22.1 Å². The Hall–Kier alpha value is -0.900. The quantitative estimate of drug-likeness (QED) is 0.799. The Morgan fingerprint density at radius 3 is 2.87 bits per heavy atom. The molecule has 2 rings (SSSR count). The highest BCUT2D eigenvalue weighted by Crippen LogP contribution is 2.38. The zero-order valence-corrected chi connectivity index (χ0v) is 9.53. The molecule has 1 aliphatic rings. The SMILES string of the molecule is CCC1CCC(c2nc(C(C)N)n[nH]2)C1. The van der Waals surface area contributed by atoms with E-state index in [1.54, 1.807) is 0 Å². The molecule has 3 N–H and O–H groups in total. The molecule has 0 amide bonds. The van der Waals surface area contributed by atoms with Crippen LogP contribution in [0.5, 0.6) is 0 Å². The summed E-state index contributed by atoms with van der Waals surface area (Å²) in [5, 5.41) is 7.18. The standard InChI is InChI=1S/C11H20N4/c1-3-8-4-5-9(6-8)11-13-10(7(2)12)14-15-11/h7-9H,3-6,12H2,1-2H3,(H,13,14,15). The average molecular weight is 208 g/mol. The smallest absolute Gasteiger partial charge is 0.167 e. The lowest BCUT2D eigenvalue weighted by atomic mass is 10.0. The van der Waals surface area contributed by atoms with Gasteiger partial charge in [-0.1, -0.05) is 13.3 Å². The number of aromatic nitrogens is 3. The van der Waals surface area contributed by atoms with Crippen LogP contribution in [0.1, 0.15) is 63.1 Å². The molecule has 3 atom stereocenters. The number of H-pyrrole nitrogens is 1. The first-order chi connectivity index (χ1) is 7.20. The lowest BCUT2D eigenvalue weighted by Crippen LogP contribution is -2.07. The van der Waals surface area contributed by atoms with Crippen molar-refractivity contribution in [3.8, 4) is 0 Å². The summed E-state index contributed by atoms with van der Waals surface area (Å²) in [4.78, 5) is 4.47. The van der Waals surface area contributed by atoms with Gasteiger partial charge in [0.05, 0.1) is 6.04 Å². The van der Waals surface area contributed by atoms with E-state index in [0.29, 0.717) is 5.92 Å². The summed E-state index contributed by atoms with van der Waals surface area (Å²) in [6.45, 7) is 4.18. The molecule has 1 fully saturated rings. The van der Waals surface area contributed by atoms with Crippen LogP contribution >= 0.6 is 0 Å². The summed E-state index contributed by atoms with van der Waals surface area (Å²) in [7, 11) is 0. The molecule has 15 heavy (non-hydrogen) atoms. The van der Waals surface area contributed by atoms with Crippen LogP contribution in [0.4, 0.5) is 0 Å². The van der Waals surface area contributed by atoms with Crippen molar-refractivity contribution in [3.05, 3.63) is 11.6 Å². The summed E-state index contributed by atoms with van der Waals surface area (Å²) in [5.41, 5.74) is 5.73. The van der Waals surface area contributed by atoms with Crippen LogP contribution in [0.15, 0.2) is 0 Å². The minimum absolute atomic E-state index is 0.0709. The molecular formula is C11H20N4. The molecule has 4 nitrogen and oxygen atoms in total. The first-order valence-corrected chi connectivity index (χ1v) is 5.88. The number of aromatic amines is 1. The van der Waals surface area contributed by atoms with Gasteiger partial charge in [-0.15, -0.1) is 0 Å². The molecule has 1 aliphatic carbocycles. The van der Waals surface area contributed by atoms with Crippen LogP contribution in [0.25, 0.3) is 0 Å². The van der Waals surface area contributed by atoms with Crippen molar-refractivity contribution in [2.45, 2.75) is 51.5 Å². The average Bonchev–Trinajstić information content (AvgIpc) is 2.86. The Kier molecular flexibility index (Phi) is 3.05. The number of hydrogen-bond donors (Lipinski definition) is 2. The van der Waals surface area contributed by atoms with E-state index >= 15 is 0 Å². The number of nitrogens with zero attached hydrogens (tertiary/aromatic N) is 2. The van der Waals surface area contributed by atoms with Crippen LogP contribution in [-0.2, 0) is 0 Å². The maximum atomic E-state index is 5.73. The molecule has 0 bridgehead atoms. The van der Waals surface area contributed by atoms with Crippen molar-refractivity contribution in [3.63, 3.8) is 0 Å². The number of hydrogen-bond acceptors (Lipinski definition) is 3. The van der Waals surface area contributed by atoms with E-state index in [-0.39, 0.29) is 6.04 Å². The van der Waals surface area contributed by atoms with Crippen molar-refractivity contribution in [2.24, 2.45) is 11.7 Å². The molecule has 4 heteroatoms. The molecule has 0 radical (unpaired) electrons. The summed E-state index contributed by atoms with van der Waals surface area (Å²) in [6, 6.07) is -0.0709. The van der Waals surface area contributed by atoms with Crippen molar-refractivity contribution >= 4 is 0 Å². The highest BCUT2D eigenvalue weighted by atomic mass is 15.2. The Morgan fingerprint density at radius 1 is 1.53 bits per heavy atom. The van der Waals surface area contributed by atoms with E-state index in [9.17, 15) is 0 Å². The molecule has 1 heterocycles. The van der Waals surface area contributed by atoms with Crippen molar-refractivity contribution in [2.75, 3.05) is 0 Å². The molecule has 3 unspecified atom stereocenters. The van der Waals surface area contributed by atoms with Crippen LogP contribution in [-0.4, -0.2) is 15.2 Å². The van der Waals surface area contributed by atoms with Crippen molar-refractivity contribution in [1.82, 2.24) is 15.2 Å². The van der Waals surface area contributed by atoms with Crippen molar-refractivity contribution < 1.29 is 0 Å². The third kappa shape index (κ3) is 2.20. The number of nitrogens with two attached hydrogens (primary N) is 1. The minimum Gasteiger partial charge on any atom is -0.321 e. The van der Waals surface area contributed by atoms with Gasteiger partial charge in [0.25, 0.3) is 0 Å². The summed E-state index contributed by atoms with van der Waals surface area (Å²) in [5.74, 6) is 3.23. The molecule has 1 saturated carbocycles. The molecule has 0 aromatic carbocycles. The Balaban J connectivity index is 2.04. The first kappa shape index (κ1) is 10.6. The summed E-state index contributed by atoms with van der Waals surface area (Å²) in [6.07, 6.45) is 5.11. The topological polar surface area (TPSA) is 67.6 Å². The van der Waals surface area contributed by atoms with E-state index in [0.717, 1.165) is 17.6 Å². The Morgan fingerprint density at radius 2 is 2.33 bits per heavy atom. The highest BCUT2D eigenvalue weighted by Gasteiger charge is 2.27. The zero-order chi connectivity index (χ0) is 10.8. The third-order valence-electron chi connectivity index (χ3n) is 3.43. The van der Waals surface area contributed by atoms with E-state index in [4.69, 9.17) is 5.73 Å². The lowest BCUT2D eigenvalue weighted by Gasteiger charge is -2.05. The molecule has 0 spiro atoms. The normalized spacial score (nSPS) is 28.2. The second kappa shape index (κ2) is 4.31. The summed E-state index contributed by atoms with van der Waals surface area (Å²) >= 11 is 0. The Bertz CT molecular complexity index is 318. The van der Waals surface area contributed by atoms with Gasteiger partial charge in [0.2, 0.25) is 0 Å². The second-order valence-electron chi connectivity index (χ2n) is 4.65. The maximum absolute atomic E-state index is 5.73. The number of nitrogens with one attached hydrogen (secondary N) is 1. The fraction of sp³-hybridized carbons (Fsp3) is 0.818. The first-order valence-electron chi connectivity index (χ1n) is 5.88. The second-order valence-corrected chi connectivity index (χ2v) is 4.65. The zero-order valence-electron chi connectivity index (χ0n) is 9.53. The molecule has 0 aliphatic heterocycles. The predicted octanol–water partition coefficient (Wildman–Crippen LogP) is 2.12. The van der Waals surface area contributed by atoms with Gasteiger partial charge >= 0.3 is 0 Å². The van der Waals surface area contributed by atoms with Gasteiger partial charge < -0.3 is 5.73 Å². The van der Waals surface area contributed by atoms with E-state index in [1.165, 1.54) is 25.7 Å². The third-order valence-corrected chi connectivity index (χ3v) is 3.43. The monoisotopic (exact) mass is 208 g/mol. The minimum atomic E-state index is -0.0709. The van der Waals surface area contributed by atoms with Crippen LogP contribution in [0.3, 0.4) is 0 Å².